The summed E-state index contributed by atoms with van der Waals surface area (Å²) in [4.78, 5) is 12.4. The van der Waals surface area contributed by atoms with Gasteiger partial charge in [0.05, 0.1) is 26.9 Å². The van der Waals surface area contributed by atoms with Crippen molar-refractivity contribution in [3.05, 3.63) is 48.4 Å². The second kappa shape index (κ2) is 7.56. The van der Waals surface area contributed by atoms with Gasteiger partial charge >= 0.3 is 11.8 Å². The first-order valence-electron chi connectivity index (χ1n) is 7.66. The van der Waals surface area contributed by atoms with E-state index in [-0.39, 0.29) is 11.8 Å². The molecule has 0 atom stereocenters. The lowest BCUT2D eigenvalue weighted by Crippen LogP contribution is -2.12. The molecule has 0 aliphatic carbocycles. The number of nitrogens with zero attached hydrogens (tertiary/aromatic N) is 2. The Balaban J connectivity index is 1.80. The van der Waals surface area contributed by atoms with Crippen LogP contribution in [0.3, 0.4) is 0 Å². The van der Waals surface area contributed by atoms with Gasteiger partial charge < -0.3 is 23.9 Å². The largest absolute Gasteiger partial charge is 0.496 e. The number of ether oxygens (including phenoxy) is 3. The third kappa shape index (κ3) is 3.44. The second-order valence-corrected chi connectivity index (χ2v) is 5.14. The van der Waals surface area contributed by atoms with Gasteiger partial charge in [0.15, 0.2) is 11.5 Å². The highest BCUT2D eigenvalue weighted by Gasteiger charge is 2.18. The zero-order valence-corrected chi connectivity index (χ0v) is 14.5. The molecule has 1 aromatic heterocycles. The van der Waals surface area contributed by atoms with Gasteiger partial charge in [-0.15, -0.1) is 10.2 Å². The van der Waals surface area contributed by atoms with Gasteiger partial charge in [0.2, 0.25) is 0 Å². The maximum absolute atomic E-state index is 12.4. The average Bonchev–Trinajstić information content (AvgIpc) is 3.18. The standard InChI is InChI=1S/C18H17N3O5/c1-23-13-7-5-4-6-12(13)17-20-21-18(26-17)16(22)19-11-8-9-14(24-2)15(10-11)25-3/h4-10H,1-3H3,(H,19,22). The molecule has 0 saturated heterocycles. The van der Waals surface area contributed by atoms with E-state index in [9.17, 15) is 4.79 Å². The lowest BCUT2D eigenvalue weighted by molar-refractivity contribution is 0.0991. The number of para-hydroxylation sites is 1. The summed E-state index contributed by atoms with van der Waals surface area (Å²) in [6.45, 7) is 0. The number of benzene rings is 2. The molecule has 1 N–H and O–H groups in total. The molecule has 0 aliphatic heterocycles. The van der Waals surface area contributed by atoms with Crippen LogP contribution in [-0.4, -0.2) is 37.4 Å². The number of carbonyl (C=O) groups is 1. The number of amides is 1. The highest BCUT2D eigenvalue weighted by atomic mass is 16.5. The summed E-state index contributed by atoms with van der Waals surface area (Å²) in [6, 6.07) is 12.2. The molecule has 0 bridgehead atoms. The minimum absolute atomic E-state index is 0.166. The smallest absolute Gasteiger partial charge is 0.313 e. The van der Waals surface area contributed by atoms with Crippen LogP contribution in [0.1, 0.15) is 10.7 Å². The zero-order chi connectivity index (χ0) is 18.5. The third-order valence-corrected chi connectivity index (χ3v) is 3.60. The predicted molar refractivity (Wildman–Crippen MR) is 93.8 cm³/mol. The summed E-state index contributed by atoms with van der Waals surface area (Å²) < 4.78 is 21.1. The van der Waals surface area contributed by atoms with E-state index in [2.05, 4.69) is 15.5 Å². The zero-order valence-electron chi connectivity index (χ0n) is 14.5. The Morgan fingerprint density at radius 1 is 0.923 bits per heavy atom. The minimum atomic E-state index is -0.536. The van der Waals surface area contributed by atoms with Crippen molar-refractivity contribution in [2.24, 2.45) is 0 Å². The molecular formula is C18H17N3O5. The molecule has 8 heteroatoms. The highest BCUT2D eigenvalue weighted by molar-refractivity contribution is 6.01. The number of methoxy groups -OCH3 is 3. The number of carbonyl (C=O) groups excluding carboxylic acids is 1. The Hall–Kier alpha value is -3.55. The van der Waals surface area contributed by atoms with E-state index < -0.39 is 5.91 Å². The van der Waals surface area contributed by atoms with Crippen LogP contribution in [0.15, 0.2) is 46.9 Å². The van der Waals surface area contributed by atoms with E-state index in [1.807, 2.05) is 12.1 Å². The Kier molecular flexibility index (Phi) is 5.02. The molecular weight excluding hydrogens is 338 g/mol. The van der Waals surface area contributed by atoms with Crippen molar-refractivity contribution in [1.29, 1.82) is 0 Å². The normalized spacial score (nSPS) is 10.3. The first-order chi connectivity index (χ1) is 12.7. The van der Waals surface area contributed by atoms with E-state index in [1.54, 1.807) is 37.4 Å². The van der Waals surface area contributed by atoms with Crippen LogP contribution in [0, 0.1) is 0 Å². The molecule has 8 nitrogen and oxygen atoms in total. The summed E-state index contributed by atoms with van der Waals surface area (Å²) in [5.41, 5.74) is 1.11. The second-order valence-electron chi connectivity index (χ2n) is 5.14. The van der Waals surface area contributed by atoms with Gasteiger partial charge in [0.1, 0.15) is 5.75 Å². The van der Waals surface area contributed by atoms with Crippen molar-refractivity contribution in [2.75, 3.05) is 26.6 Å². The molecule has 0 radical (unpaired) electrons. The van der Waals surface area contributed by atoms with E-state index in [0.717, 1.165) is 0 Å². The maximum atomic E-state index is 12.4. The summed E-state index contributed by atoms with van der Waals surface area (Å²) >= 11 is 0. The van der Waals surface area contributed by atoms with Gasteiger partial charge in [0, 0.05) is 11.8 Å². The topological polar surface area (TPSA) is 95.7 Å². The molecule has 2 aromatic carbocycles. The van der Waals surface area contributed by atoms with Gasteiger partial charge in [-0.1, -0.05) is 12.1 Å². The lowest BCUT2D eigenvalue weighted by atomic mass is 10.2. The first kappa shape index (κ1) is 17.3. The number of hydrogen-bond donors (Lipinski definition) is 1. The molecule has 0 spiro atoms. The van der Waals surface area contributed by atoms with E-state index in [4.69, 9.17) is 18.6 Å². The third-order valence-electron chi connectivity index (χ3n) is 3.60. The lowest BCUT2D eigenvalue weighted by Gasteiger charge is -2.09. The van der Waals surface area contributed by atoms with Gasteiger partial charge in [-0.25, -0.2) is 0 Å². The summed E-state index contributed by atoms with van der Waals surface area (Å²) in [7, 11) is 4.59. The number of hydrogen-bond acceptors (Lipinski definition) is 7. The van der Waals surface area contributed by atoms with E-state index in [1.165, 1.54) is 14.2 Å². The molecule has 3 aromatic rings. The molecule has 0 aliphatic rings. The van der Waals surface area contributed by atoms with Crippen molar-refractivity contribution < 1.29 is 23.4 Å². The fourth-order valence-corrected chi connectivity index (χ4v) is 2.34. The molecule has 3 rings (SSSR count). The van der Waals surface area contributed by atoms with Crippen LogP contribution < -0.4 is 19.5 Å². The average molecular weight is 355 g/mol. The van der Waals surface area contributed by atoms with Gasteiger partial charge in [-0.3, -0.25) is 4.79 Å². The SMILES string of the molecule is COc1ccc(NC(=O)c2nnc(-c3ccccc3OC)o2)cc1OC. The van der Waals surface area contributed by atoms with Crippen molar-refractivity contribution in [3.63, 3.8) is 0 Å². The highest BCUT2D eigenvalue weighted by Crippen LogP contribution is 2.31. The van der Waals surface area contributed by atoms with Crippen LogP contribution in [0.5, 0.6) is 17.2 Å². The molecule has 1 amide bonds. The van der Waals surface area contributed by atoms with Crippen molar-refractivity contribution >= 4 is 11.6 Å². The van der Waals surface area contributed by atoms with Crippen LogP contribution in [-0.2, 0) is 0 Å². The van der Waals surface area contributed by atoms with Gasteiger partial charge in [-0.05, 0) is 24.3 Å². The molecule has 134 valence electrons. The van der Waals surface area contributed by atoms with E-state index >= 15 is 0 Å². The van der Waals surface area contributed by atoms with E-state index in [0.29, 0.717) is 28.5 Å². The molecule has 0 unspecified atom stereocenters. The molecule has 0 fully saturated rings. The number of anilines is 1. The van der Waals surface area contributed by atoms with Crippen molar-refractivity contribution in [3.8, 4) is 28.7 Å². The summed E-state index contributed by atoms with van der Waals surface area (Å²) in [5, 5.41) is 10.4. The van der Waals surface area contributed by atoms with Crippen LogP contribution in [0.4, 0.5) is 5.69 Å². The van der Waals surface area contributed by atoms with Crippen LogP contribution in [0.25, 0.3) is 11.5 Å². The summed E-state index contributed by atoms with van der Waals surface area (Å²) in [6.07, 6.45) is 0. The number of nitrogens with one attached hydrogen (secondary N) is 1. The van der Waals surface area contributed by atoms with Crippen LogP contribution in [0.2, 0.25) is 0 Å². The fraction of sp³-hybridized carbons (Fsp3) is 0.167. The number of rotatable bonds is 6. The quantitative estimate of drug-likeness (QED) is 0.726. The first-order valence-corrected chi connectivity index (χ1v) is 7.66. The predicted octanol–water partition coefficient (Wildman–Crippen LogP) is 3.01. The maximum Gasteiger partial charge on any atom is 0.313 e. The van der Waals surface area contributed by atoms with Crippen molar-refractivity contribution in [1.82, 2.24) is 10.2 Å². The van der Waals surface area contributed by atoms with Crippen LogP contribution >= 0.6 is 0 Å². The Labute approximate surface area is 149 Å². The monoisotopic (exact) mass is 355 g/mol. The van der Waals surface area contributed by atoms with Crippen molar-refractivity contribution in [2.45, 2.75) is 0 Å². The Morgan fingerprint density at radius 3 is 2.38 bits per heavy atom. The minimum Gasteiger partial charge on any atom is -0.496 e. The number of aromatic nitrogens is 2. The van der Waals surface area contributed by atoms with Gasteiger partial charge in [-0.2, -0.15) is 0 Å². The molecule has 26 heavy (non-hydrogen) atoms. The molecule has 1 heterocycles. The Bertz CT molecular complexity index is 923. The Morgan fingerprint density at radius 2 is 1.65 bits per heavy atom. The molecule has 0 saturated carbocycles. The van der Waals surface area contributed by atoms with Gasteiger partial charge in [0.25, 0.3) is 5.89 Å². The fourth-order valence-electron chi connectivity index (χ4n) is 2.34. The summed E-state index contributed by atoms with van der Waals surface area (Å²) in [5.74, 6) is 1.11.